The molecule has 0 spiro atoms. The fourth-order valence-electron chi connectivity index (χ4n) is 3.46. The number of halogens is 4. The summed E-state index contributed by atoms with van der Waals surface area (Å²) < 4.78 is 35.3. The number of carbonyl (C=O) groups is 1. The van der Waals surface area contributed by atoms with Crippen LogP contribution >= 0.6 is 27.5 Å². The van der Waals surface area contributed by atoms with Crippen molar-refractivity contribution in [3.63, 3.8) is 0 Å². The van der Waals surface area contributed by atoms with Crippen molar-refractivity contribution >= 4 is 33.4 Å². The topological polar surface area (TPSA) is 50.6 Å². The lowest BCUT2D eigenvalue weighted by Gasteiger charge is -2.34. The van der Waals surface area contributed by atoms with E-state index in [0.717, 1.165) is 10.5 Å². The lowest BCUT2D eigenvalue weighted by Crippen LogP contribution is -2.48. The summed E-state index contributed by atoms with van der Waals surface area (Å²) in [4.78, 5) is 16.5. The first kappa shape index (κ1) is 22.7. The summed E-state index contributed by atoms with van der Waals surface area (Å²) in [7, 11) is 0. The van der Waals surface area contributed by atoms with E-state index in [4.69, 9.17) is 16.3 Å². The first-order chi connectivity index (χ1) is 15.4. The second kappa shape index (κ2) is 9.97. The number of aromatic nitrogens is 2. The zero-order valence-electron chi connectivity index (χ0n) is 17.0. The molecule has 1 aliphatic rings. The Bertz CT molecular complexity index is 1120. The molecule has 1 aromatic heterocycles. The third-order valence-electron chi connectivity index (χ3n) is 5.19. The third-order valence-corrected chi connectivity index (χ3v) is 6.05. The van der Waals surface area contributed by atoms with Crippen molar-refractivity contribution in [2.75, 3.05) is 26.2 Å². The molecule has 6 nitrogen and oxygen atoms in total. The van der Waals surface area contributed by atoms with Gasteiger partial charge in [0.05, 0.1) is 4.47 Å². The van der Waals surface area contributed by atoms with Crippen molar-refractivity contribution in [2.45, 2.75) is 13.3 Å². The minimum atomic E-state index is -0.848. The maximum atomic E-state index is 13.9. The molecule has 0 radical (unpaired) electrons. The smallest absolute Gasteiger partial charge is 0.274 e. The second-order valence-electron chi connectivity index (χ2n) is 7.37. The van der Waals surface area contributed by atoms with Crippen LogP contribution in [0.25, 0.3) is 0 Å². The Labute approximate surface area is 197 Å². The fourth-order valence-corrected chi connectivity index (χ4v) is 4.26. The van der Waals surface area contributed by atoms with Gasteiger partial charge < -0.3 is 9.64 Å². The third kappa shape index (κ3) is 5.28. The van der Waals surface area contributed by atoms with Gasteiger partial charge in [0, 0.05) is 49.5 Å². The van der Waals surface area contributed by atoms with Gasteiger partial charge >= 0.3 is 0 Å². The SMILES string of the molecule is O=C(c1ccn(COc2ccc(Cl)cc2Br)n1)N1CCN(Cc2cccc(F)c2F)CC1. The van der Waals surface area contributed by atoms with Crippen LogP contribution < -0.4 is 4.74 Å². The van der Waals surface area contributed by atoms with Crippen LogP contribution in [0.5, 0.6) is 5.75 Å². The minimum Gasteiger partial charge on any atom is -0.470 e. The predicted molar refractivity (Wildman–Crippen MR) is 120 cm³/mol. The molecule has 168 valence electrons. The highest BCUT2D eigenvalue weighted by molar-refractivity contribution is 9.10. The van der Waals surface area contributed by atoms with Crippen LogP contribution in [0.3, 0.4) is 0 Å². The quantitative estimate of drug-likeness (QED) is 0.473. The lowest BCUT2D eigenvalue weighted by atomic mass is 10.1. The number of rotatable bonds is 6. The molecule has 1 saturated heterocycles. The predicted octanol–water partition coefficient (Wildman–Crippen LogP) is 4.57. The van der Waals surface area contributed by atoms with Gasteiger partial charge in [-0.25, -0.2) is 13.5 Å². The van der Waals surface area contributed by atoms with Gasteiger partial charge in [-0.2, -0.15) is 5.10 Å². The van der Waals surface area contributed by atoms with Crippen LogP contribution in [0.2, 0.25) is 5.02 Å². The molecular formula is C22H20BrClF2N4O2. The number of piperazine rings is 1. The van der Waals surface area contributed by atoms with E-state index in [1.54, 1.807) is 41.4 Å². The maximum absolute atomic E-state index is 13.9. The van der Waals surface area contributed by atoms with Gasteiger partial charge in [0.2, 0.25) is 0 Å². The summed E-state index contributed by atoms with van der Waals surface area (Å²) in [5.41, 5.74) is 0.643. The van der Waals surface area contributed by atoms with Crippen LogP contribution in [-0.4, -0.2) is 51.7 Å². The molecular weight excluding hydrogens is 506 g/mol. The lowest BCUT2D eigenvalue weighted by molar-refractivity contribution is 0.0619. The van der Waals surface area contributed by atoms with Gasteiger partial charge in [0.15, 0.2) is 24.1 Å². The van der Waals surface area contributed by atoms with Crippen LogP contribution in [0.15, 0.2) is 53.1 Å². The van der Waals surface area contributed by atoms with Crippen LogP contribution in [0.4, 0.5) is 8.78 Å². The van der Waals surface area contributed by atoms with E-state index in [1.165, 1.54) is 10.7 Å². The Morgan fingerprint density at radius 2 is 1.91 bits per heavy atom. The molecule has 0 aliphatic carbocycles. The summed E-state index contributed by atoms with van der Waals surface area (Å²) in [6.07, 6.45) is 1.68. The highest BCUT2D eigenvalue weighted by Crippen LogP contribution is 2.28. The van der Waals surface area contributed by atoms with E-state index in [0.29, 0.717) is 54.8 Å². The molecule has 32 heavy (non-hydrogen) atoms. The molecule has 10 heteroatoms. The first-order valence-corrected chi connectivity index (χ1v) is 11.1. The molecule has 1 fully saturated rings. The Balaban J connectivity index is 1.30. The summed E-state index contributed by atoms with van der Waals surface area (Å²) in [5, 5.41) is 4.90. The monoisotopic (exact) mass is 524 g/mol. The molecule has 0 bridgehead atoms. The van der Waals surface area contributed by atoms with Gasteiger partial charge in [0.1, 0.15) is 5.75 Å². The Hall–Kier alpha value is -2.49. The molecule has 1 amide bonds. The minimum absolute atomic E-state index is 0.139. The average Bonchev–Trinajstić information content (AvgIpc) is 3.25. The van der Waals surface area contributed by atoms with Crippen LogP contribution in [0.1, 0.15) is 16.1 Å². The van der Waals surface area contributed by atoms with Gasteiger partial charge in [-0.15, -0.1) is 0 Å². The normalized spacial score (nSPS) is 14.6. The number of amides is 1. The largest absolute Gasteiger partial charge is 0.470 e. The highest BCUT2D eigenvalue weighted by Gasteiger charge is 2.24. The number of carbonyl (C=O) groups excluding carboxylic acids is 1. The van der Waals surface area contributed by atoms with Crippen LogP contribution in [-0.2, 0) is 13.3 Å². The molecule has 3 aromatic rings. The fraction of sp³-hybridized carbons (Fsp3) is 0.273. The second-order valence-corrected chi connectivity index (χ2v) is 8.66. The molecule has 2 heterocycles. The molecule has 1 aliphatic heterocycles. The Kier molecular flexibility index (Phi) is 7.07. The molecule has 0 unspecified atom stereocenters. The van der Waals surface area contributed by atoms with E-state index >= 15 is 0 Å². The molecule has 0 atom stereocenters. The van der Waals surface area contributed by atoms with E-state index in [9.17, 15) is 13.6 Å². The summed E-state index contributed by atoms with van der Waals surface area (Å²) in [6.45, 7) is 2.54. The van der Waals surface area contributed by atoms with E-state index in [1.807, 2.05) is 4.90 Å². The zero-order valence-corrected chi connectivity index (χ0v) is 19.3. The first-order valence-electron chi connectivity index (χ1n) is 9.96. The number of ether oxygens (including phenoxy) is 1. The van der Waals surface area contributed by atoms with Crippen molar-refractivity contribution in [1.29, 1.82) is 0 Å². The van der Waals surface area contributed by atoms with Crippen molar-refractivity contribution in [3.8, 4) is 5.75 Å². The number of hydrogen-bond donors (Lipinski definition) is 0. The van der Waals surface area contributed by atoms with E-state index in [-0.39, 0.29) is 12.6 Å². The van der Waals surface area contributed by atoms with E-state index in [2.05, 4.69) is 21.0 Å². The highest BCUT2D eigenvalue weighted by atomic mass is 79.9. The number of hydrogen-bond acceptors (Lipinski definition) is 4. The van der Waals surface area contributed by atoms with Crippen molar-refractivity contribution in [3.05, 3.63) is 81.0 Å². The summed E-state index contributed by atoms with van der Waals surface area (Å²) in [6, 6.07) is 11.0. The molecule has 0 N–H and O–H groups in total. The van der Waals surface area contributed by atoms with Gasteiger partial charge in [-0.3, -0.25) is 9.69 Å². The van der Waals surface area contributed by atoms with Crippen molar-refractivity contribution in [1.82, 2.24) is 19.6 Å². The number of nitrogens with zero attached hydrogens (tertiary/aromatic N) is 4. The summed E-state index contributed by atoms with van der Waals surface area (Å²) >= 11 is 9.32. The van der Waals surface area contributed by atoms with Crippen molar-refractivity contribution in [2.24, 2.45) is 0 Å². The Morgan fingerprint density at radius 3 is 2.66 bits per heavy atom. The molecule has 4 rings (SSSR count). The van der Waals surface area contributed by atoms with Crippen molar-refractivity contribution < 1.29 is 18.3 Å². The average molecular weight is 526 g/mol. The zero-order chi connectivity index (χ0) is 22.7. The Morgan fingerprint density at radius 1 is 1.12 bits per heavy atom. The number of benzene rings is 2. The van der Waals surface area contributed by atoms with E-state index < -0.39 is 11.6 Å². The van der Waals surface area contributed by atoms with Crippen LogP contribution in [0, 0.1) is 11.6 Å². The summed E-state index contributed by atoms with van der Waals surface area (Å²) in [5.74, 6) is -1.22. The van der Waals surface area contributed by atoms with Gasteiger partial charge in [-0.1, -0.05) is 23.7 Å². The molecule has 0 saturated carbocycles. The standard InChI is InChI=1S/C22H20BrClF2N4O2/c23-17-12-16(24)4-5-20(17)32-14-30-7-6-19(27-30)22(31)29-10-8-28(9-11-29)13-15-2-1-3-18(25)21(15)26/h1-7,12H,8-11,13-14H2. The molecule has 2 aromatic carbocycles. The van der Waals surface area contributed by atoms with Gasteiger partial charge in [-0.05, 0) is 46.3 Å². The van der Waals surface area contributed by atoms with Gasteiger partial charge in [0.25, 0.3) is 5.91 Å². The maximum Gasteiger partial charge on any atom is 0.274 e.